The van der Waals surface area contributed by atoms with Gasteiger partial charge >= 0.3 is 0 Å². The number of carbonyl (C=O) groups excluding carboxylic acids is 1. The SMILES string of the molecule is CCCC(=O)[C@@H](CC)P(C(C)C)C(C)C. The Morgan fingerprint density at radius 1 is 1.07 bits per heavy atom. The highest BCUT2D eigenvalue weighted by molar-refractivity contribution is 7.60. The van der Waals surface area contributed by atoms with Gasteiger partial charge in [0.2, 0.25) is 0 Å². The molecule has 0 rings (SSSR count). The van der Waals surface area contributed by atoms with E-state index >= 15 is 0 Å². The van der Waals surface area contributed by atoms with Crippen molar-refractivity contribution < 1.29 is 4.79 Å². The summed E-state index contributed by atoms with van der Waals surface area (Å²) in [5, 5.41) is 0. The van der Waals surface area contributed by atoms with Gasteiger partial charge in [-0.2, -0.15) is 0 Å². The van der Waals surface area contributed by atoms with E-state index < -0.39 is 0 Å². The second kappa shape index (κ2) is 7.39. The van der Waals surface area contributed by atoms with E-state index in [2.05, 4.69) is 41.5 Å². The van der Waals surface area contributed by atoms with Crippen molar-refractivity contribution in [2.45, 2.75) is 77.8 Å². The van der Waals surface area contributed by atoms with E-state index in [9.17, 15) is 4.79 Å². The van der Waals surface area contributed by atoms with Crippen LogP contribution in [0.3, 0.4) is 0 Å². The lowest BCUT2D eigenvalue weighted by Crippen LogP contribution is -2.24. The predicted octanol–water partition coefficient (Wildman–Crippen LogP) is 4.43. The Balaban J connectivity index is 4.66. The average molecular weight is 230 g/mol. The van der Waals surface area contributed by atoms with Gasteiger partial charge in [-0.1, -0.05) is 49.5 Å². The van der Waals surface area contributed by atoms with Crippen LogP contribution in [0.4, 0.5) is 0 Å². The summed E-state index contributed by atoms with van der Waals surface area (Å²) in [4.78, 5) is 12.0. The number of carbonyl (C=O) groups is 1. The standard InChI is InChI=1S/C13H27OP/c1-7-9-12(14)13(8-2)15(10(3)4)11(5)6/h10-11,13H,7-9H2,1-6H3/t13-/m1/s1. The fourth-order valence-electron chi connectivity index (χ4n) is 2.33. The van der Waals surface area contributed by atoms with Crippen molar-refractivity contribution in [3.63, 3.8) is 0 Å². The summed E-state index contributed by atoms with van der Waals surface area (Å²) in [6, 6.07) is 0. The molecule has 0 aliphatic rings. The zero-order valence-corrected chi connectivity index (χ0v) is 12.1. The third-order valence-electron chi connectivity index (χ3n) is 2.81. The van der Waals surface area contributed by atoms with E-state index in [0.29, 0.717) is 22.8 Å². The van der Waals surface area contributed by atoms with Gasteiger partial charge in [-0.05, 0) is 24.2 Å². The van der Waals surface area contributed by atoms with Crippen LogP contribution in [-0.2, 0) is 4.79 Å². The molecule has 0 heterocycles. The van der Waals surface area contributed by atoms with Crippen LogP contribution in [0.25, 0.3) is 0 Å². The Labute approximate surface area is 96.8 Å². The molecule has 0 aliphatic heterocycles. The molecule has 90 valence electrons. The van der Waals surface area contributed by atoms with Gasteiger partial charge in [-0.15, -0.1) is 0 Å². The minimum atomic E-state index is -0.143. The van der Waals surface area contributed by atoms with Gasteiger partial charge in [0.25, 0.3) is 0 Å². The summed E-state index contributed by atoms with van der Waals surface area (Å²) in [5.41, 5.74) is 1.69. The maximum atomic E-state index is 12.0. The topological polar surface area (TPSA) is 17.1 Å². The second-order valence-electron chi connectivity index (χ2n) is 4.78. The first-order valence-corrected chi connectivity index (χ1v) is 7.80. The van der Waals surface area contributed by atoms with Crippen molar-refractivity contribution in [1.29, 1.82) is 0 Å². The molecule has 2 heteroatoms. The lowest BCUT2D eigenvalue weighted by atomic mass is 10.1. The average Bonchev–Trinajstić information content (AvgIpc) is 2.12. The predicted molar refractivity (Wildman–Crippen MR) is 71.2 cm³/mol. The molecule has 1 atom stereocenters. The Bertz CT molecular complexity index is 179. The minimum Gasteiger partial charge on any atom is -0.299 e. The summed E-state index contributed by atoms with van der Waals surface area (Å²) >= 11 is 0. The molecule has 15 heavy (non-hydrogen) atoms. The van der Waals surface area contributed by atoms with Gasteiger partial charge in [-0.3, -0.25) is 4.79 Å². The number of hydrogen-bond donors (Lipinski definition) is 0. The summed E-state index contributed by atoms with van der Waals surface area (Å²) in [6.07, 6.45) is 2.80. The van der Waals surface area contributed by atoms with Crippen molar-refractivity contribution in [3.05, 3.63) is 0 Å². The molecule has 0 radical (unpaired) electrons. The van der Waals surface area contributed by atoms with Gasteiger partial charge in [0.15, 0.2) is 0 Å². The highest BCUT2D eigenvalue weighted by Gasteiger charge is 2.29. The molecule has 0 amide bonds. The molecule has 0 fully saturated rings. The molecule has 0 saturated carbocycles. The van der Waals surface area contributed by atoms with Crippen LogP contribution in [0.2, 0.25) is 0 Å². The van der Waals surface area contributed by atoms with Gasteiger partial charge in [0.05, 0.1) is 0 Å². The summed E-state index contributed by atoms with van der Waals surface area (Å²) < 4.78 is 0. The van der Waals surface area contributed by atoms with E-state index in [0.717, 1.165) is 19.3 Å². The zero-order valence-electron chi connectivity index (χ0n) is 11.2. The molecule has 0 unspecified atom stereocenters. The molecule has 0 aliphatic carbocycles. The van der Waals surface area contributed by atoms with E-state index in [1.165, 1.54) is 0 Å². The smallest absolute Gasteiger partial charge is 0.140 e. The molecule has 0 spiro atoms. The van der Waals surface area contributed by atoms with Gasteiger partial charge < -0.3 is 0 Å². The van der Waals surface area contributed by atoms with Crippen LogP contribution >= 0.6 is 7.92 Å². The zero-order chi connectivity index (χ0) is 12.0. The number of ketones is 1. The molecular weight excluding hydrogens is 203 g/mol. The lowest BCUT2D eigenvalue weighted by molar-refractivity contribution is -0.118. The highest BCUT2D eigenvalue weighted by Crippen LogP contribution is 2.52. The highest BCUT2D eigenvalue weighted by atomic mass is 31.1. The van der Waals surface area contributed by atoms with Crippen molar-refractivity contribution in [1.82, 2.24) is 0 Å². The van der Waals surface area contributed by atoms with E-state index in [1.807, 2.05) is 0 Å². The largest absolute Gasteiger partial charge is 0.299 e. The number of rotatable bonds is 7. The van der Waals surface area contributed by atoms with E-state index in [4.69, 9.17) is 0 Å². The molecular formula is C13H27OP. The quantitative estimate of drug-likeness (QED) is 0.591. The molecule has 0 saturated heterocycles. The van der Waals surface area contributed by atoms with Crippen molar-refractivity contribution in [2.75, 3.05) is 0 Å². The first kappa shape index (κ1) is 15.1. The second-order valence-corrected chi connectivity index (χ2v) is 8.36. The van der Waals surface area contributed by atoms with Crippen LogP contribution in [0.1, 0.15) is 60.8 Å². The van der Waals surface area contributed by atoms with Crippen molar-refractivity contribution >= 4 is 13.7 Å². The Kier molecular flexibility index (Phi) is 7.44. The van der Waals surface area contributed by atoms with Crippen molar-refractivity contribution in [2.24, 2.45) is 0 Å². The van der Waals surface area contributed by atoms with Crippen LogP contribution in [0.5, 0.6) is 0 Å². The van der Waals surface area contributed by atoms with E-state index in [1.54, 1.807) is 0 Å². The minimum absolute atomic E-state index is 0.143. The number of hydrogen-bond acceptors (Lipinski definition) is 1. The van der Waals surface area contributed by atoms with Crippen LogP contribution in [-0.4, -0.2) is 22.8 Å². The van der Waals surface area contributed by atoms with Gasteiger partial charge in [0.1, 0.15) is 5.78 Å². The molecule has 0 aromatic carbocycles. The summed E-state index contributed by atoms with van der Waals surface area (Å²) in [6.45, 7) is 13.3. The molecule has 0 aromatic rings. The lowest BCUT2D eigenvalue weighted by Gasteiger charge is -2.32. The first-order valence-electron chi connectivity index (χ1n) is 6.25. The fraction of sp³-hybridized carbons (Fsp3) is 0.923. The first-order chi connectivity index (χ1) is 6.95. The molecule has 1 nitrogen and oxygen atoms in total. The Hall–Kier alpha value is 0.100. The maximum Gasteiger partial charge on any atom is 0.140 e. The fourth-order valence-corrected chi connectivity index (χ4v) is 5.85. The van der Waals surface area contributed by atoms with Gasteiger partial charge in [0, 0.05) is 12.1 Å². The molecule has 0 N–H and O–H groups in total. The third kappa shape index (κ3) is 4.64. The van der Waals surface area contributed by atoms with Crippen LogP contribution in [0, 0.1) is 0 Å². The Morgan fingerprint density at radius 2 is 1.53 bits per heavy atom. The molecule has 0 aromatic heterocycles. The normalized spacial score (nSPS) is 13.9. The van der Waals surface area contributed by atoms with Crippen LogP contribution < -0.4 is 0 Å². The van der Waals surface area contributed by atoms with E-state index in [-0.39, 0.29) is 7.92 Å². The summed E-state index contributed by atoms with van der Waals surface area (Å²) in [5.74, 6) is 0.508. The third-order valence-corrected chi connectivity index (χ3v) is 6.57. The summed E-state index contributed by atoms with van der Waals surface area (Å²) in [7, 11) is -0.143. The maximum absolute atomic E-state index is 12.0. The number of Topliss-reactive ketones (excluding diaryl/α,β-unsaturated/α-hetero) is 1. The Morgan fingerprint density at radius 3 is 1.80 bits per heavy atom. The van der Waals surface area contributed by atoms with Gasteiger partial charge in [-0.25, -0.2) is 0 Å². The van der Waals surface area contributed by atoms with Crippen molar-refractivity contribution in [3.8, 4) is 0 Å². The monoisotopic (exact) mass is 230 g/mol. The molecule has 0 bridgehead atoms. The van der Waals surface area contributed by atoms with Crippen LogP contribution in [0.15, 0.2) is 0 Å².